The first-order chi connectivity index (χ1) is 11.8. The number of benzene rings is 1. The Morgan fingerprint density at radius 3 is 2.36 bits per heavy atom. The van der Waals surface area contributed by atoms with Gasteiger partial charge in [-0.3, -0.25) is 4.79 Å². The molecule has 2 aromatic rings. The first-order valence-corrected chi connectivity index (χ1v) is 7.87. The monoisotopic (exact) mass is 342 g/mol. The van der Waals surface area contributed by atoms with Crippen molar-refractivity contribution >= 4 is 17.7 Å². The fourth-order valence-electron chi connectivity index (χ4n) is 2.20. The summed E-state index contributed by atoms with van der Waals surface area (Å²) in [5.41, 5.74) is 1.34. The normalized spacial score (nSPS) is 12.2. The Labute approximate surface area is 146 Å². The van der Waals surface area contributed by atoms with Crippen LogP contribution in [0.2, 0.25) is 0 Å². The van der Waals surface area contributed by atoms with Gasteiger partial charge in [-0.1, -0.05) is 24.3 Å². The van der Waals surface area contributed by atoms with Gasteiger partial charge in [-0.25, -0.2) is 14.8 Å². The van der Waals surface area contributed by atoms with Crippen molar-refractivity contribution in [3.8, 4) is 0 Å². The molecule has 0 aliphatic rings. The SMILES string of the molecule is Cc1ccccc1[C@@H](NC(=O)OC(C)(C)C)C(=O)Nc1cncnc1. The Morgan fingerprint density at radius 1 is 1.12 bits per heavy atom. The summed E-state index contributed by atoms with van der Waals surface area (Å²) >= 11 is 0. The molecule has 7 nitrogen and oxygen atoms in total. The highest BCUT2D eigenvalue weighted by Gasteiger charge is 2.27. The predicted octanol–water partition coefficient (Wildman–Crippen LogP) is 2.99. The molecule has 1 heterocycles. The smallest absolute Gasteiger partial charge is 0.408 e. The Kier molecular flexibility index (Phi) is 5.69. The number of nitrogens with one attached hydrogen (secondary N) is 2. The van der Waals surface area contributed by atoms with E-state index in [-0.39, 0.29) is 0 Å². The summed E-state index contributed by atoms with van der Waals surface area (Å²) in [7, 11) is 0. The third-order valence-electron chi connectivity index (χ3n) is 3.25. The molecule has 1 aromatic carbocycles. The van der Waals surface area contributed by atoms with E-state index in [0.717, 1.165) is 5.56 Å². The fraction of sp³-hybridized carbons (Fsp3) is 0.333. The third kappa shape index (κ3) is 5.56. The fourth-order valence-corrected chi connectivity index (χ4v) is 2.20. The Balaban J connectivity index is 2.24. The summed E-state index contributed by atoms with van der Waals surface area (Å²) in [6.07, 6.45) is 3.66. The number of carbonyl (C=O) groups excluding carboxylic acids is 2. The number of carbonyl (C=O) groups is 2. The van der Waals surface area contributed by atoms with Gasteiger partial charge in [-0.15, -0.1) is 0 Å². The maximum atomic E-state index is 12.7. The zero-order valence-electron chi connectivity index (χ0n) is 14.7. The number of anilines is 1. The van der Waals surface area contributed by atoms with Gasteiger partial charge >= 0.3 is 6.09 Å². The molecule has 0 fully saturated rings. The Hall–Kier alpha value is -2.96. The number of nitrogens with zero attached hydrogens (tertiary/aromatic N) is 2. The minimum Gasteiger partial charge on any atom is -0.444 e. The van der Waals surface area contributed by atoms with Gasteiger partial charge in [0.2, 0.25) is 0 Å². The lowest BCUT2D eigenvalue weighted by atomic mass is 10.0. The zero-order valence-corrected chi connectivity index (χ0v) is 14.7. The van der Waals surface area contributed by atoms with Crippen LogP contribution in [0.5, 0.6) is 0 Å². The number of hydrogen-bond donors (Lipinski definition) is 2. The molecular weight excluding hydrogens is 320 g/mol. The van der Waals surface area contributed by atoms with Gasteiger partial charge < -0.3 is 15.4 Å². The van der Waals surface area contributed by atoms with Crippen LogP contribution < -0.4 is 10.6 Å². The summed E-state index contributed by atoms with van der Waals surface area (Å²) in [6.45, 7) is 7.15. The lowest BCUT2D eigenvalue weighted by molar-refractivity contribution is -0.118. The van der Waals surface area contributed by atoms with E-state index in [2.05, 4.69) is 20.6 Å². The van der Waals surface area contributed by atoms with E-state index in [1.807, 2.05) is 25.1 Å². The van der Waals surface area contributed by atoms with E-state index in [0.29, 0.717) is 11.3 Å². The number of hydrogen-bond acceptors (Lipinski definition) is 5. The molecule has 132 valence electrons. The van der Waals surface area contributed by atoms with E-state index in [1.165, 1.54) is 18.7 Å². The van der Waals surface area contributed by atoms with Gasteiger partial charge in [0, 0.05) is 0 Å². The van der Waals surface area contributed by atoms with E-state index in [4.69, 9.17) is 4.74 Å². The summed E-state index contributed by atoms with van der Waals surface area (Å²) in [5, 5.41) is 5.34. The molecule has 0 saturated heterocycles. The number of alkyl carbamates (subject to hydrolysis) is 1. The van der Waals surface area contributed by atoms with Crippen LogP contribution in [0.4, 0.5) is 10.5 Å². The highest BCUT2D eigenvalue weighted by Crippen LogP contribution is 2.20. The Bertz CT molecular complexity index is 741. The molecule has 2 amide bonds. The minimum absolute atomic E-state index is 0.407. The van der Waals surface area contributed by atoms with Crippen LogP contribution in [0, 0.1) is 6.92 Å². The van der Waals surface area contributed by atoms with Gasteiger partial charge in [0.15, 0.2) is 0 Å². The molecule has 0 unspecified atom stereocenters. The van der Waals surface area contributed by atoms with Crippen molar-refractivity contribution in [1.29, 1.82) is 0 Å². The maximum Gasteiger partial charge on any atom is 0.408 e. The Morgan fingerprint density at radius 2 is 1.76 bits per heavy atom. The van der Waals surface area contributed by atoms with Crippen molar-refractivity contribution in [3.05, 3.63) is 54.1 Å². The summed E-state index contributed by atoms with van der Waals surface area (Å²) < 4.78 is 5.28. The molecule has 0 aliphatic heterocycles. The molecule has 0 saturated carbocycles. The van der Waals surface area contributed by atoms with Gasteiger partial charge in [0.1, 0.15) is 18.0 Å². The average molecular weight is 342 g/mol. The number of rotatable bonds is 4. The second-order valence-corrected chi connectivity index (χ2v) is 6.55. The highest BCUT2D eigenvalue weighted by molar-refractivity contribution is 5.97. The highest BCUT2D eigenvalue weighted by atomic mass is 16.6. The first kappa shape index (κ1) is 18.4. The molecule has 0 aliphatic carbocycles. The maximum absolute atomic E-state index is 12.7. The van der Waals surface area contributed by atoms with E-state index >= 15 is 0 Å². The van der Waals surface area contributed by atoms with E-state index in [1.54, 1.807) is 26.8 Å². The van der Waals surface area contributed by atoms with Gasteiger partial charge in [0.05, 0.1) is 18.1 Å². The van der Waals surface area contributed by atoms with Crippen LogP contribution in [0.15, 0.2) is 43.0 Å². The number of amides is 2. The molecule has 1 atom stereocenters. The molecule has 0 radical (unpaired) electrons. The van der Waals surface area contributed by atoms with Crippen molar-refractivity contribution < 1.29 is 14.3 Å². The molecule has 2 N–H and O–H groups in total. The summed E-state index contributed by atoms with van der Waals surface area (Å²) in [6, 6.07) is 6.43. The van der Waals surface area contributed by atoms with Crippen LogP contribution in [0.3, 0.4) is 0 Å². The molecule has 1 aromatic heterocycles. The molecule has 2 rings (SSSR count). The van der Waals surface area contributed by atoms with E-state index in [9.17, 15) is 9.59 Å². The summed E-state index contributed by atoms with van der Waals surface area (Å²) in [4.78, 5) is 32.6. The number of aryl methyl sites for hydroxylation is 1. The van der Waals surface area contributed by atoms with E-state index < -0.39 is 23.6 Å². The topological polar surface area (TPSA) is 93.2 Å². The van der Waals surface area contributed by atoms with Crippen molar-refractivity contribution in [3.63, 3.8) is 0 Å². The van der Waals surface area contributed by atoms with Crippen LogP contribution in [-0.2, 0) is 9.53 Å². The largest absolute Gasteiger partial charge is 0.444 e. The van der Waals surface area contributed by atoms with Crippen molar-refractivity contribution in [2.45, 2.75) is 39.3 Å². The van der Waals surface area contributed by atoms with Crippen LogP contribution in [0.25, 0.3) is 0 Å². The van der Waals surface area contributed by atoms with Gasteiger partial charge in [0.25, 0.3) is 5.91 Å². The predicted molar refractivity (Wildman–Crippen MR) is 94.0 cm³/mol. The second-order valence-electron chi connectivity index (χ2n) is 6.55. The molecule has 0 spiro atoms. The van der Waals surface area contributed by atoms with Crippen molar-refractivity contribution in [2.24, 2.45) is 0 Å². The number of ether oxygens (including phenoxy) is 1. The molecule has 25 heavy (non-hydrogen) atoms. The van der Waals surface area contributed by atoms with Gasteiger partial charge in [-0.05, 0) is 38.8 Å². The van der Waals surface area contributed by atoms with Crippen LogP contribution >= 0.6 is 0 Å². The van der Waals surface area contributed by atoms with Crippen molar-refractivity contribution in [2.75, 3.05) is 5.32 Å². The number of aromatic nitrogens is 2. The average Bonchev–Trinajstić information content (AvgIpc) is 2.52. The lowest BCUT2D eigenvalue weighted by Gasteiger charge is -2.24. The summed E-state index contributed by atoms with van der Waals surface area (Å²) in [5.74, 6) is -0.407. The zero-order chi connectivity index (χ0) is 18.4. The van der Waals surface area contributed by atoms with Crippen LogP contribution in [0.1, 0.15) is 37.9 Å². The minimum atomic E-state index is -0.906. The molecule has 0 bridgehead atoms. The molecular formula is C18H22N4O3. The van der Waals surface area contributed by atoms with Crippen molar-refractivity contribution in [1.82, 2.24) is 15.3 Å². The van der Waals surface area contributed by atoms with Crippen LogP contribution in [-0.4, -0.2) is 27.6 Å². The third-order valence-corrected chi connectivity index (χ3v) is 3.25. The quantitative estimate of drug-likeness (QED) is 0.891. The molecule has 7 heteroatoms. The first-order valence-electron chi connectivity index (χ1n) is 7.87. The standard InChI is InChI=1S/C18H22N4O3/c1-12-7-5-6-8-14(12)15(22-17(24)25-18(2,3)4)16(23)21-13-9-19-11-20-10-13/h5-11,15H,1-4H3,(H,21,23)(H,22,24)/t15-/m1/s1. The van der Waals surface area contributed by atoms with Gasteiger partial charge in [-0.2, -0.15) is 0 Å². The lowest BCUT2D eigenvalue weighted by Crippen LogP contribution is -2.40. The second kappa shape index (κ2) is 7.74.